The van der Waals surface area contributed by atoms with Gasteiger partial charge in [-0.2, -0.15) is 0 Å². The van der Waals surface area contributed by atoms with E-state index in [1.807, 2.05) is 24.3 Å². The number of hydrogen-bond donors (Lipinski definition) is 3. The SMILES string of the molecule is NC1(C(=O)NCc2cccc(NC(=O)CCN3CCOCC3)c2)CCCC1. The summed E-state index contributed by atoms with van der Waals surface area (Å²) in [5.41, 5.74) is 7.15. The van der Waals surface area contributed by atoms with Crippen molar-refractivity contribution in [1.29, 1.82) is 0 Å². The van der Waals surface area contributed by atoms with Gasteiger partial charge in [0.05, 0.1) is 18.8 Å². The van der Waals surface area contributed by atoms with Crippen molar-refractivity contribution in [1.82, 2.24) is 10.2 Å². The molecule has 3 rings (SSSR count). The standard InChI is InChI=1S/C20H30N4O3/c21-20(7-1-2-8-20)19(26)22-15-16-4-3-5-17(14-16)23-18(25)6-9-24-10-12-27-13-11-24/h3-5,14H,1-2,6-13,15,21H2,(H,22,26)(H,23,25). The molecule has 1 aromatic carbocycles. The van der Waals surface area contributed by atoms with E-state index in [9.17, 15) is 9.59 Å². The second-order valence-electron chi connectivity index (χ2n) is 7.50. The van der Waals surface area contributed by atoms with Crippen LogP contribution in [0.1, 0.15) is 37.7 Å². The molecule has 0 unspecified atom stereocenters. The number of amides is 2. The van der Waals surface area contributed by atoms with Crippen LogP contribution < -0.4 is 16.4 Å². The lowest BCUT2D eigenvalue weighted by Gasteiger charge is -2.26. The number of ether oxygens (including phenoxy) is 1. The summed E-state index contributed by atoms with van der Waals surface area (Å²) in [5, 5.41) is 5.87. The Morgan fingerprint density at radius 2 is 1.93 bits per heavy atom. The molecule has 0 atom stereocenters. The topological polar surface area (TPSA) is 96.7 Å². The summed E-state index contributed by atoms with van der Waals surface area (Å²) in [6.45, 7) is 4.38. The lowest BCUT2D eigenvalue weighted by atomic mass is 9.98. The van der Waals surface area contributed by atoms with E-state index in [0.717, 1.165) is 69.8 Å². The Hall–Kier alpha value is -1.96. The normalized spacial score (nSPS) is 19.6. The van der Waals surface area contributed by atoms with E-state index in [-0.39, 0.29) is 11.8 Å². The molecule has 7 nitrogen and oxygen atoms in total. The summed E-state index contributed by atoms with van der Waals surface area (Å²) in [6.07, 6.45) is 3.97. The fourth-order valence-corrected chi connectivity index (χ4v) is 3.66. The molecule has 1 heterocycles. The third kappa shape index (κ3) is 5.76. The molecule has 7 heteroatoms. The number of morpholine rings is 1. The number of nitrogens with two attached hydrogens (primary N) is 1. The highest BCUT2D eigenvalue weighted by Crippen LogP contribution is 2.27. The van der Waals surface area contributed by atoms with E-state index in [1.165, 1.54) is 0 Å². The highest BCUT2D eigenvalue weighted by Gasteiger charge is 2.36. The number of carbonyl (C=O) groups excluding carboxylic acids is 2. The van der Waals surface area contributed by atoms with Crippen LogP contribution in [0.4, 0.5) is 5.69 Å². The number of rotatable bonds is 7. The van der Waals surface area contributed by atoms with Crippen LogP contribution in [0.3, 0.4) is 0 Å². The van der Waals surface area contributed by atoms with Gasteiger partial charge in [-0.3, -0.25) is 14.5 Å². The Morgan fingerprint density at radius 1 is 1.19 bits per heavy atom. The summed E-state index contributed by atoms with van der Waals surface area (Å²) in [6, 6.07) is 7.57. The quantitative estimate of drug-likeness (QED) is 0.667. The second kappa shape index (κ2) is 9.30. The van der Waals surface area contributed by atoms with Gasteiger partial charge in [0, 0.05) is 38.3 Å². The van der Waals surface area contributed by atoms with Gasteiger partial charge < -0.3 is 21.1 Å². The van der Waals surface area contributed by atoms with Crippen molar-refractivity contribution < 1.29 is 14.3 Å². The zero-order valence-electron chi connectivity index (χ0n) is 15.8. The van der Waals surface area contributed by atoms with Crippen LogP contribution in [0.15, 0.2) is 24.3 Å². The van der Waals surface area contributed by atoms with Crippen LogP contribution in [0, 0.1) is 0 Å². The summed E-state index contributed by atoms with van der Waals surface area (Å²) in [7, 11) is 0. The van der Waals surface area contributed by atoms with Gasteiger partial charge in [0.15, 0.2) is 0 Å². The maximum absolute atomic E-state index is 12.3. The number of anilines is 1. The van der Waals surface area contributed by atoms with Gasteiger partial charge in [-0.25, -0.2) is 0 Å². The van der Waals surface area contributed by atoms with Crippen molar-refractivity contribution >= 4 is 17.5 Å². The average Bonchev–Trinajstić information content (AvgIpc) is 3.13. The molecule has 1 aromatic rings. The Bertz CT molecular complexity index is 652. The second-order valence-corrected chi connectivity index (χ2v) is 7.50. The molecule has 0 aromatic heterocycles. The zero-order chi connectivity index (χ0) is 19.1. The first-order chi connectivity index (χ1) is 13.0. The van der Waals surface area contributed by atoms with Crippen LogP contribution in [-0.2, 0) is 20.9 Å². The van der Waals surface area contributed by atoms with Gasteiger partial charge in [0.25, 0.3) is 0 Å². The van der Waals surface area contributed by atoms with E-state index in [0.29, 0.717) is 13.0 Å². The van der Waals surface area contributed by atoms with E-state index in [4.69, 9.17) is 10.5 Å². The summed E-state index contributed by atoms with van der Waals surface area (Å²) >= 11 is 0. The molecule has 1 aliphatic carbocycles. The molecule has 2 fully saturated rings. The number of benzene rings is 1. The maximum atomic E-state index is 12.3. The van der Waals surface area contributed by atoms with Gasteiger partial charge in [0.2, 0.25) is 11.8 Å². The van der Waals surface area contributed by atoms with Crippen LogP contribution in [0.5, 0.6) is 0 Å². The van der Waals surface area contributed by atoms with Crippen molar-refractivity contribution in [2.45, 2.75) is 44.2 Å². The van der Waals surface area contributed by atoms with Crippen LogP contribution in [0.25, 0.3) is 0 Å². The lowest BCUT2D eigenvalue weighted by Crippen LogP contribution is -2.51. The predicted molar refractivity (Wildman–Crippen MR) is 104 cm³/mol. The average molecular weight is 374 g/mol. The molecule has 27 heavy (non-hydrogen) atoms. The lowest BCUT2D eigenvalue weighted by molar-refractivity contribution is -0.126. The highest BCUT2D eigenvalue weighted by molar-refractivity contribution is 5.91. The number of nitrogens with zero attached hydrogens (tertiary/aromatic N) is 1. The molecule has 0 radical (unpaired) electrons. The molecule has 2 amide bonds. The molecule has 1 saturated carbocycles. The molecule has 148 valence electrons. The number of hydrogen-bond acceptors (Lipinski definition) is 5. The van der Waals surface area contributed by atoms with E-state index < -0.39 is 5.54 Å². The third-order valence-electron chi connectivity index (χ3n) is 5.37. The molecule has 1 aliphatic heterocycles. The van der Waals surface area contributed by atoms with Gasteiger partial charge in [-0.1, -0.05) is 25.0 Å². The summed E-state index contributed by atoms with van der Waals surface area (Å²) < 4.78 is 5.31. The first-order valence-corrected chi connectivity index (χ1v) is 9.81. The highest BCUT2D eigenvalue weighted by atomic mass is 16.5. The predicted octanol–water partition coefficient (Wildman–Crippen LogP) is 1.24. The minimum absolute atomic E-state index is 0.00505. The first kappa shape index (κ1) is 19.8. The number of nitrogens with one attached hydrogen (secondary N) is 2. The maximum Gasteiger partial charge on any atom is 0.240 e. The minimum atomic E-state index is -0.717. The Morgan fingerprint density at radius 3 is 2.67 bits per heavy atom. The molecule has 0 spiro atoms. The smallest absolute Gasteiger partial charge is 0.240 e. The fraction of sp³-hybridized carbons (Fsp3) is 0.600. The van der Waals surface area contributed by atoms with Crippen LogP contribution in [0.2, 0.25) is 0 Å². The van der Waals surface area contributed by atoms with Crippen molar-refractivity contribution in [3.8, 4) is 0 Å². The van der Waals surface area contributed by atoms with Gasteiger partial charge >= 0.3 is 0 Å². The Balaban J connectivity index is 1.45. The molecule has 4 N–H and O–H groups in total. The van der Waals surface area contributed by atoms with E-state index in [1.54, 1.807) is 0 Å². The van der Waals surface area contributed by atoms with Crippen molar-refractivity contribution in [3.05, 3.63) is 29.8 Å². The largest absolute Gasteiger partial charge is 0.379 e. The zero-order valence-corrected chi connectivity index (χ0v) is 15.8. The summed E-state index contributed by atoms with van der Waals surface area (Å²) in [5.74, 6) is -0.0884. The van der Waals surface area contributed by atoms with Gasteiger partial charge in [-0.05, 0) is 30.5 Å². The van der Waals surface area contributed by atoms with E-state index >= 15 is 0 Å². The molecule has 0 bridgehead atoms. The van der Waals surface area contributed by atoms with Crippen molar-refractivity contribution in [3.63, 3.8) is 0 Å². The molecule has 1 saturated heterocycles. The van der Waals surface area contributed by atoms with Crippen molar-refractivity contribution in [2.24, 2.45) is 5.73 Å². The van der Waals surface area contributed by atoms with E-state index in [2.05, 4.69) is 15.5 Å². The number of carbonyl (C=O) groups is 2. The monoisotopic (exact) mass is 374 g/mol. The fourth-order valence-electron chi connectivity index (χ4n) is 3.66. The molecular weight excluding hydrogens is 344 g/mol. The van der Waals surface area contributed by atoms with Gasteiger partial charge in [-0.15, -0.1) is 0 Å². The third-order valence-corrected chi connectivity index (χ3v) is 5.37. The first-order valence-electron chi connectivity index (χ1n) is 9.81. The Labute approximate surface area is 160 Å². The van der Waals surface area contributed by atoms with Crippen LogP contribution in [-0.4, -0.2) is 55.1 Å². The molecule has 2 aliphatic rings. The van der Waals surface area contributed by atoms with Crippen molar-refractivity contribution in [2.75, 3.05) is 38.2 Å². The summed E-state index contributed by atoms with van der Waals surface area (Å²) in [4.78, 5) is 26.7. The van der Waals surface area contributed by atoms with Gasteiger partial charge in [0.1, 0.15) is 0 Å². The molecular formula is C20H30N4O3. The van der Waals surface area contributed by atoms with Crippen LogP contribution >= 0.6 is 0 Å². The minimum Gasteiger partial charge on any atom is -0.379 e. The Kier molecular flexibility index (Phi) is 6.82.